The Kier molecular flexibility index (Phi) is 7.26. The Morgan fingerprint density at radius 3 is 2.34 bits per heavy atom. The molecule has 0 amide bonds. The van der Waals surface area contributed by atoms with Crippen LogP contribution in [0.2, 0.25) is 5.02 Å². The monoisotopic (exact) mass is 460 g/mol. The molecule has 0 radical (unpaired) electrons. The van der Waals surface area contributed by atoms with Crippen LogP contribution >= 0.6 is 11.6 Å². The molecule has 32 heavy (non-hydrogen) atoms. The molecule has 176 valence electrons. The van der Waals surface area contributed by atoms with Gasteiger partial charge in [-0.2, -0.15) is 0 Å². The second kappa shape index (κ2) is 10.2. The van der Waals surface area contributed by atoms with E-state index in [1.807, 2.05) is 12.1 Å². The predicted molar refractivity (Wildman–Crippen MR) is 128 cm³/mol. The molecule has 4 heteroatoms. The molecule has 0 aromatic heterocycles. The van der Waals surface area contributed by atoms with Crippen molar-refractivity contribution in [1.29, 1.82) is 0 Å². The molecule has 4 aliphatic rings. The minimum absolute atomic E-state index is 0.0191. The van der Waals surface area contributed by atoms with Crippen LogP contribution in [0.3, 0.4) is 0 Å². The average molecular weight is 461 g/mol. The fourth-order valence-electron chi connectivity index (χ4n) is 6.62. The lowest BCUT2D eigenvalue weighted by molar-refractivity contribution is -0.0664. The fourth-order valence-corrected chi connectivity index (χ4v) is 6.90. The molecule has 4 unspecified atom stereocenters. The quantitative estimate of drug-likeness (QED) is 0.399. The van der Waals surface area contributed by atoms with Crippen LogP contribution in [0.25, 0.3) is 5.57 Å². The highest BCUT2D eigenvalue weighted by atomic mass is 35.5. The van der Waals surface area contributed by atoms with Gasteiger partial charge in [0.2, 0.25) is 0 Å². The van der Waals surface area contributed by atoms with E-state index in [1.165, 1.54) is 51.4 Å². The van der Waals surface area contributed by atoms with Crippen LogP contribution in [0.5, 0.6) is 0 Å². The second-order valence-electron chi connectivity index (χ2n) is 10.7. The first-order chi connectivity index (χ1) is 15.6. The Morgan fingerprint density at radius 1 is 0.938 bits per heavy atom. The molecule has 2 nitrogen and oxygen atoms in total. The summed E-state index contributed by atoms with van der Waals surface area (Å²) >= 11 is 6.30. The maximum Gasteiger partial charge on any atom is 0.149 e. The van der Waals surface area contributed by atoms with Crippen molar-refractivity contribution in [1.82, 2.24) is 0 Å². The number of hydrogen-bond acceptors (Lipinski definition) is 2. The van der Waals surface area contributed by atoms with E-state index >= 15 is 0 Å². The van der Waals surface area contributed by atoms with Gasteiger partial charge in [0.15, 0.2) is 0 Å². The molecule has 3 fully saturated rings. The summed E-state index contributed by atoms with van der Waals surface area (Å²) in [5.41, 5.74) is 2.55. The van der Waals surface area contributed by atoms with Gasteiger partial charge in [-0.1, -0.05) is 62.4 Å². The summed E-state index contributed by atoms with van der Waals surface area (Å²) < 4.78 is 26.7. The summed E-state index contributed by atoms with van der Waals surface area (Å²) in [7, 11) is 0. The lowest BCUT2D eigenvalue weighted by Crippen LogP contribution is -2.36. The first-order valence-electron chi connectivity index (χ1n) is 13.0. The van der Waals surface area contributed by atoms with E-state index in [0.717, 1.165) is 54.8 Å². The van der Waals surface area contributed by atoms with E-state index in [9.17, 15) is 4.39 Å². The number of halogens is 2. The van der Waals surface area contributed by atoms with Gasteiger partial charge in [0.1, 0.15) is 11.9 Å². The van der Waals surface area contributed by atoms with E-state index in [0.29, 0.717) is 24.2 Å². The molecule has 2 heterocycles. The Bertz CT molecular complexity index is 817. The van der Waals surface area contributed by atoms with Gasteiger partial charge in [0.25, 0.3) is 0 Å². The zero-order chi connectivity index (χ0) is 22.1. The third kappa shape index (κ3) is 4.95. The molecule has 1 saturated carbocycles. The van der Waals surface area contributed by atoms with Gasteiger partial charge >= 0.3 is 0 Å². The van der Waals surface area contributed by atoms with Gasteiger partial charge < -0.3 is 9.47 Å². The van der Waals surface area contributed by atoms with Crippen molar-refractivity contribution in [2.24, 2.45) is 23.7 Å². The van der Waals surface area contributed by atoms with E-state index in [4.69, 9.17) is 21.1 Å². The standard InChI is InChI=1S/C28H38ClFO2/c1-2-3-18-4-6-19(7-5-18)22-12-15-25(31-16-22)21-10-8-20(9-11-21)23-13-14-24(26-17-32-26)27(29)28(23)30/h8,13-14,18-19,21-22,25-26H,2-7,9-12,15-17H2,1H3. The number of rotatable bonds is 6. The van der Waals surface area contributed by atoms with E-state index in [-0.39, 0.29) is 16.9 Å². The molecule has 5 rings (SSSR count). The van der Waals surface area contributed by atoms with Gasteiger partial charge in [-0.25, -0.2) is 4.39 Å². The molecule has 1 aromatic carbocycles. The molecular formula is C28H38ClFO2. The maximum atomic E-state index is 14.9. The van der Waals surface area contributed by atoms with Crippen LogP contribution in [0.1, 0.15) is 94.8 Å². The van der Waals surface area contributed by atoms with Crippen molar-refractivity contribution in [2.45, 2.75) is 89.8 Å². The molecule has 2 saturated heterocycles. The topological polar surface area (TPSA) is 21.8 Å². The zero-order valence-corrected chi connectivity index (χ0v) is 20.2. The maximum absolute atomic E-state index is 14.9. The van der Waals surface area contributed by atoms with E-state index in [1.54, 1.807) is 0 Å². The Hall–Kier alpha value is -0.900. The number of hydrogen-bond donors (Lipinski definition) is 0. The van der Waals surface area contributed by atoms with E-state index < -0.39 is 0 Å². The summed E-state index contributed by atoms with van der Waals surface area (Å²) in [5.74, 6) is 2.93. The summed E-state index contributed by atoms with van der Waals surface area (Å²) in [6, 6.07) is 3.83. The fraction of sp³-hybridized carbons (Fsp3) is 0.714. The van der Waals surface area contributed by atoms with Crippen LogP contribution < -0.4 is 0 Å². The lowest BCUT2D eigenvalue weighted by Gasteiger charge is -2.40. The normalized spacial score (nSPS) is 35.4. The van der Waals surface area contributed by atoms with Crippen LogP contribution in [0.15, 0.2) is 18.2 Å². The largest absolute Gasteiger partial charge is 0.378 e. The number of allylic oxidation sites excluding steroid dienone is 2. The molecule has 2 aliphatic heterocycles. The van der Waals surface area contributed by atoms with Crippen molar-refractivity contribution in [3.05, 3.63) is 40.2 Å². The SMILES string of the molecule is CCCC1CCC(C2CCC(C3CC=C(c4ccc(C5CO5)c(Cl)c4F)CC3)OC2)CC1. The minimum atomic E-state index is -0.283. The third-order valence-corrected chi connectivity index (χ3v) is 9.10. The van der Waals surface area contributed by atoms with Gasteiger partial charge in [0, 0.05) is 11.1 Å². The highest BCUT2D eigenvalue weighted by Crippen LogP contribution is 2.43. The smallest absolute Gasteiger partial charge is 0.149 e. The highest BCUT2D eigenvalue weighted by Gasteiger charge is 2.35. The van der Waals surface area contributed by atoms with Crippen molar-refractivity contribution < 1.29 is 13.9 Å². The number of benzene rings is 1. The van der Waals surface area contributed by atoms with Crippen LogP contribution in [-0.4, -0.2) is 19.3 Å². The zero-order valence-electron chi connectivity index (χ0n) is 19.5. The van der Waals surface area contributed by atoms with Crippen molar-refractivity contribution in [2.75, 3.05) is 13.2 Å². The van der Waals surface area contributed by atoms with E-state index in [2.05, 4.69) is 13.0 Å². The summed E-state index contributed by atoms with van der Waals surface area (Å²) in [4.78, 5) is 0. The summed E-state index contributed by atoms with van der Waals surface area (Å²) in [6.45, 7) is 3.91. The van der Waals surface area contributed by atoms with Crippen molar-refractivity contribution in [3.8, 4) is 0 Å². The molecule has 2 aliphatic carbocycles. The Morgan fingerprint density at radius 2 is 1.72 bits per heavy atom. The molecule has 0 spiro atoms. The highest BCUT2D eigenvalue weighted by molar-refractivity contribution is 6.31. The first-order valence-corrected chi connectivity index (χ1v) is 13.4. The summed E-state index contributed by atoms with van der Waals surface area (Å²) in [5, 5.41) is 0.235. The van der Waals surface area contributed by atoms with Crippen molar-refractivity contribution in [3.63, 3.8) is 0 Å². The second-order valence-corrected chi connectivity index (χ2v) is 11.1. The molecule has 4 atom stereocenters. The van der Waals surface area contributed by atoms with Crippen LogP contribution in [-0.2, 0) is 9.47 Å². The van der Waals surface area contributed by atoms with Gasteiger partial charge in [-0.3, -0.25) is 0 Å². The van der Waals surface area contributed by atoms with Crippen LogP contribution in [0.4, 0.5) is 4.39 Å². The first kappa shape index (κ1) is 22.9. The number of ether oxygens (including phenoxy) is 2. The number of epoxide rings is 1. The van der Waals surface area contributed by atoms with Crippen LogP contribution in [0, 0.1) is 29.5 Å². The minimum Gasteiger partial charge on any atom is -0.378 e. The summed E-state index contributed by atoms with van der Waals surface area (Å²) in [6.07, 6.45) is 16.5. The molecular weight excluding hydrogens is 423 g/mol. The molecule has 0 N–H and O–H groups in total. The van der Waals surface area contributed by atoms with Crippen molar-refractivity contribution >= 4 is 17.2 Å². The van der Waals surface area contributed by atoms with Gasteiger partial charge in [-0.15, -0.1) is 0 Å². The third-order valence-electron chi connectivity index (χ3n) is 8.72. The Labute approximate surface area is 197 Å². The molecule has 0 bridgehead atoms. The lowest BCUT2D eigenvalue weighted by atomic mass is 9.72. The Balaban J connectivity index is 1.13. The molecule has 1 aromatic rings. The predicted octanol–water partition coefficient (Wildman–Crippen LogP) is 8.14. The average Bonchev–Trinajstić information content (AvgIpc) is 3.67. The van der Waals surface area contributed by atoms with Gasteiger partial charge in [0.05, 0.1) is 24.3 Å². The van der Waals surface area contributed by atoms with Gasteiger partial charge in [-0.05, 0) is 74.2 Å².